The fourth-order valence-electron chi connectivity index (χ4n) is 2.34. The Hall–Kier alpha value is -1.53. The summed E-state index contributed by atoms with van der Waals surface area (Å²) in [5.74, 6) is 1.61. The number of aromatic nitrogens is 2. The van der Waals surface area contributed by atoms with Crippen molar-refractivity contribution in [3.8, 4) is 11.5 Å². The minimum Gasteiger partial charge on any atom is -0.486 e. The van der Waals surface area contributed by atoms with Crippen molar-refractivity contribution >= 4 is 15.9 Å². The van der Waals surface area contributed by atoms with Crippen molar-refractivity contribution in [1.82, 2.24) is 15.5 Å². The fraction of sp³-hybridized carbons (Fsp3) is 0.400. The van der Waals surface area contributed by atoms with Crippen LogP contribution in [-0.2, 0) is 6.54 Å². The number of aryl methyl sites for hydroxylation is 1. The van der Waals surface area contributed by atoms with Gasteiger partial charge in [-0.15, -0.1) is 0 Å². The summed E-state index contributed by atoms with van der Waals surface area (Å²) in [5.41, 5.74) is 3.42. The van der Waals surface area contributed by atoms with E-state index in [1.165, 1.54) is 5.56 Å². The Kier molecular flexibility index (Phi) is 4.17. The summed E-state index contributed by atoms with van der Waals surface area (Å²) in [6.07, 6.45) is 1.86. The number of aromatic amines is 1. The number of nitrogens with zero attached hydrogens (tertiary/aromatic N) is 1. The highest BCUT2D eigenvalue weighted by atomic mass is 79.9. The highest BCUT2D eigenvalue weighted by Gasteiger charge is 2.18. The standard InChI is InChI=1S/C15H18BrN3O2/c1-9-11(8-18-19-9)7-17-10(2)12-5-14-15(6-13(12)16)21-4-3-20-14/h5-6,8,10,17H,3-4,7H2,1-2H3,(H,18,19)/t10-/m0/s1. The number of halogens is 1. The van der Waals surface area contributed by atoms with E-state index in [-0.39, 0.29) is 6.04 Å². The number of benzene rings is 1. The molecule has 2 heterocycles. The molecule has 1 aromatic carbocycles. The summed E-state index contributed by atoms with van der Waals surface area (Å²) in [4.78, 5) is 0. The van der Waals surface area contributed by atoms with Crippen LogP contribution in [0.4, 0.5) is 0 Å². The molecule has 1 atom stereocenters. The first kappa shape index (κ1) is 14.4. The van der Waals surface area contributed by atoms with Gasteiger partial charge in [0.1, 0.15) is 13.2 Å². The molecule has 1 aliphatic rings. The van der Waals surface area contributed by atoms with Gasteiger partial charge in [0.25, 0.3) is 0 Å². The first-order valence-electron chi connectivity index (χ1n) is 6.96. The molecule has 0 radical (unpaired) electrons. The molecule has 2 N–H and O–H groups in total. The second-order valence-corrected chi connectivity index (χ2v) is 5.99. The van der Waals surface area contributed by atoms with Crippen LogP contribution in [-0.4, -0.2) is 23.4 Å². The summed E-state index contributed by atoms with van der Waals surface area (Å²) >= 11 is 3.62. The lowest BCUT2D eigenvalue weighted by Crippen LogP contribution is -2.20. The molecule has 2 aromatic rings. The van der Waals surface area contributed by atoms with E-state index in [1.54, 1.807) is 0 Å². The van der Waals surface area contributed by atoms with Crippen LogP contribution in [0.25, 0.3) is 0 Å². The van der Waals surface area contributed by atoms with Crippen LogP contribution in [0.5, 0.6) is 11.5 Å². The first-order valence-corrected chi connectivity index (χ1v) is 7.75. The van der Waals surface area contributed by atoms with Gasteiger partial charge in [0, 0.05) is 28.3 Å². The van der Waals surface area contributed by atoms with Gasteiger partial charge in [0.05, 0.1) is 6.20 Å². The molecule has 0 bridgehead atoms. The van der Waals surface area contributed by atoms with Crippen molar-refractivity contribution in [3.63, 3.8) is 0 Å². The van der Waals surface area contributed by atoms with Gasteiger partial charge < -0.3 is 14.8 Å². The van der Waals surface area contributed by atoms with Crippen LogP contribution in [0, 0.1) is 6.92 Å². The van der Waals surface area contributed by atoms with E-state index in [2.05, 4.69) is 38.4 Å². The average Bonchev–Trinajstić information content (AvgIpc) is 2.89. The van der Waals surface area contributed by atoms with Gasteiger partial charge in [0.15, 0.2) is 11.5 Å². The Bertz CT molecular complexity index is 642. The second kappa shape index (κ2) is 6.07. The number of fused-ring (bicyclic) bond motifs is 1. The van der Waals surface area contributed by atoms with E-state index < -0.39 is 0 Å². The molecule has 0 amide bonds. The van der Waals surface area contributed by atoms with Gasteiger partial charge in [-0.25, -0.2) is 0 Å². The third-order valence-electron chi connectivity index (χ3n) is 3.66. The van der Waals surface area contributed by atoms with Crippen molar-refractivity contribution in [1.29, 1.82) is 0 Å². The zero-order valence-electron chi connectivity index (χ0n) is 12.1. The van der Waals surface area contributed by atoms with Crippen molar-refractivity contribution in [2.45, 2.75) is 26.4 Å². The number of nitrogens with one attached hydrogen (secondary N) is 2. The molecule has 1 aliphatic heterocycles. The van der Waals surface area contributed by atoms with Crippen LogP contribution in [0.2, 0.25) is 0 Å². The second-order valence-electron chi connectivity index (χ2n) is 5.14. The van der Waals surface area contributed by atoms with E-state index in [0.29, 0.717) is 13.2 Å². The third kappa shape index (κ3) is 3.06. The Morgan fingerprint density at radius 1 is 1.33 bits per heavy atom. The molecule has 0 spiro atoms. The Morgan fingerprint density at radius 3 is 2.71 bits per heavy atom. The lowest BCUT2D eigenvalue weighted by Gasteiger charge is -2.22. The summed E-state index contributed by atoms with van der Waals surface area (Å²) < 4.78 is 12.3. The topological polar surface area (TPSA) is 59.2 Å². The van der Waals surface area contributed by atoms with Crippen molar-refractivity contribution in [2.24, 2.45) is 0 Å². The van der Waals surface area contributed by atoms with Crippen molar-refractivity contribution in [3.05, 3.63) is 39.6 Å². The van der Waals surface area contributed by atoms with E-state index in [1.807, 2.05) is 25.3 Å². The van der Waals surface area contributed by atoms with Crippen LogP contribution >= 0.6 is 15.9 Å². The molecule has 0 fully saturated rings. The molecule has 21 heavy (non-hydrogen) atoms. The predicted octanol–water partition coefficient (Wildman–Crippen LogP) is 3.10. The van der Waals surface area contributed by atoms with E-state index in [0.717, 1.165) is 33.8 Å². The lowest BCUT2D eigenvalue weighted by atomic mass is 10.1. The average molecular weight is 352 g/mol. The number of hydrogen-bond acceptors (Lipinski definition) is 4. The Labute approximate surface area is 132 Å². The zero-order chi connectivity index (χ0) is 14.8. The first-order chi connectivity index (χ1) is 10.1. The normalized spacial score (nSPS) is 15.0. The monoisotopic (exact) mass is 351 g/mol. The quantitative estimate of drug-likeness (QED) is 0.888. The molecule has 112 valence electrons. The molecule has 0 saturated heterocycles. The van der Waals surface area contributed by atoms with Gasteiger partial charge >= 0.3 is 0 Å². The van der Waals surface area contributed by atoms with Gasteiger partial charge in [-0.05, 0) is 31.5 Å². The minimum atomic E-state index is 0.185. The molecular formula is C15H18BrN3O2. The number of H-pyrrole nitrogens is 1. The van der Waals surface area contributed by atoms with Crippen LogP contribution in [0.1, 0.15) is 29.8 Å². The number of rotatable bonds is 4. The number of ether oxygens (including phenoxy) is 2. The van der Waals surface area contributed by atoms with Crippen molar-refractivity contribution < 1.29 is 9.47 Å². The Balaban J connectivity index is 1.75. The number of hydrogen-bond donors (Lipinski definition) is 2. The van der Waals surface area contributed by atoms with Gasteiger partial charge in [-0.1, -0.05) is 15.9 Å². The molecule has 3 rings (SSSR count). The largest absolute Gasteiger partial charge is 0.486 e. The molecule has 1 aromatic heterocycles. The van der Waals surface area contributed by atoms with Crippen LogP contribution in [0.15, 0.2) is 22.8 Å². The zero-order valence-corrected chi connectivity index (χ0v) is 13.7. The molecule has 0 aliphatic carbocycles. The van der Waals surface area contributed by atoms with E-state index >= 15 is 0 Å². The highest BCUT2D eigenvalue weighted by Crippen LogP contribution is 2.37. The van der Waals surface area contributed by atoms with E-state index in [9.17, 15) is 0 Å². The Morgan fingerprint density at radius 2 is 2.05 bits per heavy atom. The van der Waals surface area contributed by atoms with Crippen molar-refractivity contribution in [2.75, 3.05) is 13.2 Å². The van der Waals surface area contributed by atoms with E-state index in [4.69, 9.17) is 9.47 Å². The molecule has 6 heteroatoms. The lowest BCUT2D eigenvalue weighted by molar-refractivity contribution is 0.171. The summed E-state index contributed by atoms with van der Waals surface area (Å²) in [6, 6.07) is 4.20. The molecule has 0 unspecified atom stereocenters. The third-order valence-corrected chi connectivity index (χ3v) is 4.35. The fourth-order valence-corrected chi connectivity index (χ4v) is 3.00. The highest BCUT2D eigenvalue weighted by molar-refractivity contribution is 9.10. The van der Waals surface area contributed by atoms with Crippen LogP contribution in [0.3, 0.4) is 0 Å². The molecule has 5 nitrogen and oxygen atoms in total. The maximum atomic E-state index is 5.65. The summed E-state index contributed by atoms with van der Waals surface area (Å²) in [6.45, 7) is 6.13. The van der Waals surface area contributed by atoms with Gasteiger partial charge in [-0.2, -0.15) is 5.10 Å². The SMILES string of the molecule is Cc1[nH]ncc1CN[C@@H](C)c1cc2c(cc1Br)OCCO2. The maximum Gasteiger partial charge on any atom is 0.162 e. The summed E-state index contributed by atoms with van der Waals surface area (Å²) in [7, 11) is 0. The predicted molar refractivity (Wildman–Crippen MR) is 83.7 cm³/mol. The molecular weight excluding hydrogens is 334 g/mol. The van der Waals surface area contributed by atoms with Gasteiger partial charge in [0.2, 0.25) is 0 Å². The van der Waals surface area contributed by atoms with Crippen LogP contribution < -0.4 is 14.8 Å². The smallest absolute Gasteiger partial charge is 0.162 e. The summed E-state index contributed by atoms with van der Waals surface area (Å²) in [5, 5.41) is 10.5. The molecule has 0 saturated carbocycles. The maximum absolute atomic E-state index is 5.65. The van der Waals surface area contributed by atoms with Gasteiger partial charge in [-0.3, -0.25) is 5.10 Å². The minimum absolute atomic E-state index is 0.185.